The van der Waals surface area contributed by atoms with E-state index in [2.05, 4.69) is 10.3 Å². The predicted octanol–water partition coefficient (Wildman–Crippen LogP) is 0.428. The zero-order valence-electron chi connectivity index (χ0n) is 10.7. The third-order valence-corrected chi connectivity index (χ3v) is 3.91. The molecule has 3 aromatic rings. The molecule has 0 amide bonds. The summed E-state index contributed by atoms with van der Waals surface area (Å²) in [6.45, 7) is 0. The second-order valence-corrected chi connectivity index (χ2v) is 5.92. The van der Waals surface area contributed by atoms with Gasteiger partial charge in [0.2, 0.25) is 10.0 Å². The zero-order valence-corrected chi connectivity index (χ0v) is 11.5. The van der Waals surface area contributed by atoms with Crippen molar-refractivity contribution < 1.29 is 8.42 Å². The minimum absolute atomic E-state index is 0.0342. The van der Waals surface area contributed by atoms with Crippen LogP contribution in [0.3, 0.4) is 0 Å². The van der Waals surface area contributed by atoms with Crippen LogP contribution >= 0.6 is 0 Å². The van der Waals surface area contributed by atoms with Gasteiger partial charge in [-0.15, -0.1) is 5.10 Å². The minimum Gasteiger partial charge on any atom is -0.267 e. The molecule has 2 N–H and O–H groups in total. The molecule has 0 fully saturated rings. The number of fused-ring (bicyclic) bond motifs is 1. The van der Waals surface area contributed by atoms with Gasteiger partial charge in [-0.25, -0.2) is 13.6 Å². The first kappa shape index (κ1) is 13.4. The summed E-state index contributed by atoms with van der Waals surface area (Å²) in [5.74, 6) is 0. The third kappa shape index (κ3) is 2.41. The van der Waals surface area contributed by atoms with Crippen molar-refractivity contribution in [2.75, 3.05) is 0 Å². The molecular formula is C13H10N4O3S. The van der Waals surface area contributed by atoms with Crippen LogP contribution < -0.4 is 10.7 Å². The number of nitrogens with zero attached hydrogens (tertiary/aromatic N) is 3. The fourth-order valence-corrected chi connectivity index (χ4v) is 2.45. The molecule has 0 bridgehead atoms. The number of nitrogens with two attached hydrogens (primary N) is 1. The van der Waals surface area contributed by atoms with E-state index >= 15 is 0 Å². The molecule has 106 valence electrons. The Hall–Kier alpha value is -2.58. The van der Waals surface area contributed by atoms with Gasteiger partial charge in [0.15, 0.2) is 0 Å². The molecule has 0 aliphatic rings. The van der Waals surface area contributed by atoms with Crippen molar-refractivity contribution in [3.8, 4) is 5.69 Å². The van der Waals surface area contributed by atoms with Crippen LogP contribution in [0.1, 0.15) is 0 Å². The third-order valence-electron chi connectivity index (χ3n) is 2.98. The summed E-state index contributed by atoms with van der Waals surface area (Å²) in [4.78, 5) is 12.3. The number of benzene rings is 2. The van der Waals surface area contributed by atoms with Gasteiger partial charge >= 0.3 is 0 Å². The Morgan fingerprint density at radius 2 is 1.67 bits per heavy atom. The highest BCUT2D eigenvalue weighted by Gasteiger charge is 2.10. The summed E-state index contributed by atoms with van der Waals surface area (Å²) in [7, 11) is -3.77. The summed E-state index contributed by atoms with van der Waals surface area (Å²) in [5, 5.41) is 13.3. The standard InChI is InChI=1S/C13H10N4O3S/c14-21(19,20)10-7-5-9(6-8-10)17-13(18)11-3-1-2-4-12(11)15-16-17/h1-8H,(H2,14,19,20). The van der Waals surface area contributed by atoms with Gasteiger partial charge in [0.1, 0.15) is 5.52 Å². The zero-order chi connectivity index (χ0) is 15.0. The van der Waals surface area contributed by atoms with Gasteiger partial charge in [-0.3, -0.25) is 4.79 Å². The van der Waals surface area contributed by atoms with E-state index in [1.807, 2.05) is 0 Å². The SMILES string of the molecule is NS(=O)(=O)c1ccc(-n2nnc3ccccc3c2=O)cc1. The molecule has 0 unspecified atom stereocenters. The monoisotopic (exact) mass is 302 g/mol. The van der Waals surface area contributed by atoms with Crippen LogP contribution in [0.4, 0.5) is 0 Å². The average molecular weight is 302 g/mol. The lowest BCUT2D eigenvalue weighted by atomic mass is 10.2. The molecule has 3 rings (SSSR count). The number of sulfonamides is 1. The molecule has 0 aliphatic heterocycles. The van der Waals surface area contributed by atoms with Gasteiger partial charge in [-0.2, -0.15) is 4.68 Å². The maximum atomic E-state index is 12.3. The van der Waals surface area contributed by atoms with Crippen molar-refractivity contribution in [3.63, 3.8) is 0 Å². The highest BCUT2D eigenvalue weighted by molar-refractivity contribution is 7.89. The van der Waals surface area contributed by atoms with Gasteiger partial charge in [0.05, 0.1) is 16.0 Å². The number of rotatable bonds is 2. The topological polar surface area (TPSA) is 108 Å². The molecule has 0 saturated heterocycles. The van der Waals surface area contributed by atoms with Crippen molar-refractivity contribution >= 4 is 20.9 Å². The van der Waals surface area contributed by atoms with Crippen LogP contribution in [0.25, 0.3) is 16.6 Å². The fraction of sp³-hybridized carbons (Fsp3) is 0. The van der Waals surface area contributed by atoms with Crippen LogP contribution in [0.2, 0.25) is 0 Å². The highest BCUT2D eigenvalue weighted by Crippen LogP contribution is 2.11. The van der Waals surface area contributed by atoms with Crippen molar-refractivity contribution in [3.05, 3.63) is 58.9 Å². The van der Waals surface area contributed by atoms with Crippen molar-refractivity contribution in [2.24, 2.45) is 5.14 Å². The molecule has 0 radical (unpaired) electrons. The van der Waals surface area contributed by atoms with Crippen LogP contribution in [-0.4, -0.2) is 23.4 Å². The molecule has 0 atom stereocenters. The Kier molecular flexibility index (Phi) is 3.04. The van der Waals surface area contributed by atoms with E-state index in [9.17, 15) is 13.2 Å². The van der Waals surface area contributed by atoms with Crippen LogP contribution in [0.5, 0.6) is 0 Å². The van der Waals surface area contributed by atoms with Crippen molar-refractivity contribution in [1.29, 1.82) is 0 Å². The van der Waals surface area contributed by atoms with Gasteiger partial charge < -0.3 is 0 Å². The predicted molar refractivity (Wildman–Crippen MR) is 76.5 cm³/mol. The van der Waals surface area contributed by atoms with E-state index in [4.69, 9.17) is 5.14 Å². The quantitative estimate of drug-likeness (QED) is 0.738. The number of primary sulfonamides is 1. The first-order chi connectivity index (χ1) is 9.97. The Morgan fingerprint density at radius 3 is 2.33 bits per heavy atom. The lowest BCUT2D eigenvalue weighted by Crippen LogP contribution is -2.22. The van der Waals surface area contributed by atoms with Gasteiger partial charge in [0.25, 0.3) is 5.56 Å². The molecule has 1 aromatic heterocycles. The summed E-state index contributed by atoms with van der Waals surface area (Å²) in [6.07, 6.45) is 0. The first-order valence-electron chi connectivity index (χ1n) is 5.95. The van der Waals surface area contributed by atoms with E-state index < -0.39 is 10.0 Å². The van der Waals surface area contributed by atoms with Gasteiger partial charge in [-0.1, -0.05) is 17.3 Å². The molecule has 0 spiro atoms. The van der Waals surface area contributed by atoms with Crippen LogP contribution in [0, 0.1) is 0 Å². The smallest absolute Gasteiger partial charge is 0.267 e. The molecule has 1 heterocycles. The van der Waals surface area contributed by atoms with E-state index in [0.29, 0.717) is 16.6 Å². The maximum Gasteiger partial charge on any atom is 0.282 e. The lowest BCUT2D eigenvalue weighted by Gasteiger charge is -2.05. The van der Waals surface area contributed by atoms with Crippen LogP contribution in [-0.2, 0) is 10.0 Å². The maximum absolute atomic E-state index is 12.3. The molecule has 7 nitrogen and oxygen atoms in total. The summed E-state index contributed by atoms with van der Waals surface area (Å²) >= 11 is 0. The summed E-state index contributed by atoms with van der Waals surface area (Å²) < 4.78 is 23.5. The normalized spacial score (nSPS) is 11.7. The first-order valence-corrected chi connectivity index (χ1v) is 7.49. The molecule has 21 heavy (non-hydrogen) atoms. The Bertz CT molecular complexity index is 978. The van der Waals surface area contributed by atoms with Gasteiger partial charge in [0, 0.05) is 0 Å². The van der Waals surface area contributed by atoms with E-state index in [1.54, 1.807) is 24.3 Å². The van der Waals surface area contributed by atoms with Gasteiger partial charge in [-0.05, 0) is 36.4 Å². The van der Waals surface area contributed by atoms with E-state index in [-0.39, 0.29) is 10.5 Å². The largest absolute Gasteiger partial charge is 0.282 e. The fourth-order valence-electron chi connectivity index (χ4n) is 1.94. The Morgan fingerprint density at radius 1 is 1.00 bits per heavy atom. The number of hydrogen-bond acceptors (Lipinski definition) is 5. The van der Waals surface area contributed by atoms with Crippen molar-refractivity contribution in [1.82, 2.24) is 15.0 Å². The highest BCUT2D eigenvalue weighted by atomic mass is 32.2. The number of aromatic nitrogens is 3. The molecule has 0 aliphatic carbocycles. The Labute approximate surface area is 119 Å². The number of hydrogen-bond donors (Lipinski definition) is 1. The van der Waals surface area contributed by atoms with E-state index in [0.717, 1.165) is 4.68 Å². The summed E-state index contributed by atoms with van der Waals surface area (Å²) in [5.41, 5.74) is 0.578. The molecule has 0 saturated carbocycles. The van der Waals surface area contributed by atoms with Crippen LogP contribution in [0.15, 0.2) is 58.2 Å². The molecular weight excluding hydrogens is 292 g/mol. The Balaban J connectivity index is 2.17. The average Bonchev–Trinajstić information content (AvgIpc) is 2.47. The second kappa shape index (κ2) is 4.76. The van der Waals surface area contributed by atoms with Crippen molar-refractivity contribution in [2.45, 2.75) is 4.90 Å². The molecule has 2 aromatic carbocycles. The minimum atomic E-state index is -3.77. The molecule has 8 heteroatoms. The lowest BCUT2D eigenvalue weighted by molar-refractivity contribution is 0.597. The second-order valence-electron chi connectivity index (χ2n) is 4.36. The summed E-state index contributed by atoms with van der Waals surface area (Å²) in [6, 6.07) is 12.4. The van der Waals surface area contributed by atoms with E-state index in [1.165, 1.54) is 24.3 Å².